The largest absolute Gasteiger partial charge is 0.456 e. The van der Waals surface area contributed by atoms with Gasteiger partial charge in [-0.1, -0.05) is 84.9 Å². The van der Waals surface area contributed by atoms with E-state index < -0.39 is 0 Å². The van der Waals surface area contributed by atoms with Gasteiger partial charge >= 0.3 is 0 Å². The van der Waals surface area contributed by atoms with Crippen LogP contribution >= 0.6 is 0 Å². The Kier molecular flexibility index (Phi) is 5.54. The quantitative estimate of drug-likeness (QED) is 0.188. The number of aromatic nitrogens is 1. The highest BCUT2D eigenvalue weighted by atomic mass is 16.3. The molecule has 4 heteroatoms. The van der Waals surface area contributed by atoms with E-state index in [-0.39, 0.29) is 0 Å². The Balaban J connectivity index is 1.21. The van der Waals surface area contributed by atoms with Gasteiger partial charge in [0.25, 0.3) is 0 Å². The van der Waals surface area contributed by atoms with Crippen LogP contribution in [0.3, 0.4) is 0 Å². The number of benzene rings is 7. The molecule has 0 unspecified atom stereocenters. The second-order valence-corrected chi connectivity index (χ2v) is 12.0. The van der Waals surface area contributed by atoms with Crippen molar-refractivity contribution in [3.05, 3.63) is 158 Å². The maximum absolute atomic E-state index is 6.44. The van der Waals surface area contributed by atoms with Crippen LogP contribution in [-0.4, -0.2) is 4.98 Å². The van der Waals surface area contributed by atoms with Crippen LogP contribution in [0, 0.1) is 0 Å². The number of anilines is 3. The Morgan fingerprint density at radius 3 is 2.00 bits per heavy atom. The molecule has 3 aromatic heterocycles. The van der Waals surface area contributed by atoms with Crippen molar-refractivity contribution in [3.8, 4) is 11.1 Å². The third-order valence-electron chi connectivity index (χ3n) is 9.31. The van der Waals surface area contributed by atoms with Gasteiger partial charge in [0, 0.05) is 56.3 Å². The van der Waals surface area contributed by atoms with Gasteiger partial charge in [-0.05, 0) is 87.9 Å². The van der Waals surface area contributed by atoms with Crippen molar-refractivity contribution >= 4 is 82.6 Å². The van der Waals surface area contributed by atoms with Gasteiger partial charge in [0.05, 0.1) is 0 Å². The van der Waals surface area contributed by atoms with E-state index in [1.165, 1.54) is 11.1 Å². The molecular formula is C43H26N2O2. The summed E-state index contributed by atoms with van der Waals surface area (Å²) in [5.74, 6) is 0. The van der Waals surface area contributed by atoms with Crippen LogP contribution in [-0.2, 0) is 0 Å². The van der Waals surface area contributed by atoms with E-state index in [4.69, 9.17) is 8.83 Å². The number of pyridine rings is 1. The third-order valence-corrected chi connectivity index (χ3v) is 9.31. The van der Waals surface area contributed by atoms with Crippen molar-refractivity contribution < 1.29 is 8.83 Å². The SMILES string of the molecule is c1ccc(-c2ccc(N(c3ccc4c(c3)oc3ccccc34)c3ccc4ccc5ccc6c7cccnc7oc6c5c4c3)cc2)cc1. The van der Waals surface area contributed by atoms with Crippen molar-refractivity contribution in [3.63, 3.8) is 0 Å². The summed E-state index contributed by atoms with van der Waals surface area (Å²) in [6.45, 7) is 0. The molecule has 47 heavy (non-hydrogen) atoms. The molecule has 0 radical (unpaired) electrons. The number of hydrogen-bond donors (Lipinski definition) is 0. The van der Waals surface area contributed by atoms with E-state index in [1.807, 2.05) is 24.3 Å². The van der Waals surface area contributed by atoms with E-state index in [2.05, 4.69) is 137 Å². The molecule has 0 amide bonds. The van der Waals surface area contributed by atoms with Gasteiger partial charge in [-0.25, -0.2) is 4.98 Å². The first-order chi connectivity index (χ1) is 23.3. The average molecular weight is 603 g/mol. The molecule has 0 saturated heterocycles. The molecule has 0 saturated carbocycles. The standard InChI is InChI=1S/C43H26N2O2/c1-2-7-27(8-3-1)28-14-18-31(19-15-28)45(33-21-23-35-34-9-4-5-11-39(34)46-40(35)26-33)32-20-16-29-12-13-30-17-22-36-37-10-6-24-44-43(37)47-42(36)41(30)38(29)25-32/h1-26H. The maximum atomic E-state index is 6.44. The molecule has 0 spiro atoms. The molecule has 0 aliphatic rings. The van der Waals surface area contributed by atoms with Crippen LogP contribution in [0.4, 0.5) is 17.1 Å². The summed E-state index contributed by atoms with van der Waals surface area (Å²) in [6, 6.07) is 53.4. The van der Waals surface area contributed by atoms with Crippen molar-refractivity contribution in [2.75, 3.05) is 4.90 Å². The number of para-hydroxylation sites is 1. The predicted octanol–water partition coefficient (Wildman–Crippen LogP) is 12.3. The van der Waals surface area contributed by atoms with Gasteiger partial charge in [0.1, 0.15) is 16.7 Å². The number of hydrogen-bond acceptors (Lipinski definition) is 4. The van der Waals surface area contributed by atoms with E-state index in [9.17, 15) is 0 Å². The molecule has 3 heterocycles. The summed E-state index contributed by atoms with van der Waals surface area (Å²) in [7, 11) is 0. The number of furan rings is 2. The molecule has 0 bridgehead atoms. The minimum absolute atomic E-state index is 0.655. The van der Waals surface area contributed by atoms with Gasteiger partial charge < -0.3 is 13.7 Å². The lowest BCUT2D eigenvalue weighted by Crippen LogP contribution is -2.09. The zero-order chi connectivity index (χ0) is 30.9. The van der Waals surface area contributed by atoms with E-state index in [0.29, 0.717) is 5.71 Å². The number of fused-ring (bicyclic) bond motifs is 10. The highest BCUT2D eigenvalue weighted by Crippen LogP contribution is 2.42. The molecular weight excluding hydrogens is 576 g/mol. The summed E-state index contributed by atoms with van der Waals surface area (Å²) < 4.78 is 12.8. The molecule has 0 atom stereocenters. The first-order valence-corrected chi connectivity index (χ1v) is 15.8. The smallest absolute Gasteiger partial charge is 0.227 e. The summed E-state index contributed by atoms with van der Waals surface area (Å²) in [5.41, 5.74) is 8.74. The molecule has 0 N–H and O–H groups in total. The first kappa shape index (κ1) is 25.9. The average Bonchev–Trinajstić information content (AvgIpc) is 3.70. The highest BCUT2D eigenvalue weighted by molar-refractivity contribution is 6.23. The van der Waals surface area contributed by atoms with Crippen molar-refractivity contribution in [2.24, 2.45) is 0 Å². The molecule has 7 aromatic carbocycles. The Bertz CT molecular complexity index is 2790. The molecule has 0 aliphatic heterocycles. The predicted molar refractivity (Wildman–Crippen MR) is 194 cm³/mol. The van der Waals surface area contributed by atoms with Gasteiger partial charge in [0.15, 0.2) is 0 Å². The summed E-state index contributed by atoms with van der Waals surface area (Å²) in [4.78, 5) is 6.82. The van der Waals surface area contributed by atoms with Gasteiger partial charge in [-0.2, -0.15) is 0 Å². The van der Waals surface area contributed by atoms with Crippen LogP contribution < -0.4 is 4.90 Å². The van der Waals surface area contributed by atoms with Crippen LogP contribution in [0.2, 0.25) is 0 Å². The van der Waals surface area contributed by atoms with Crippen molar-refractivity contribution in [1.29, 1.82) is 0 Å². The summed E-state index contributed by atoms with van der Waals surface area (Å²) >= 11 is 0. The van der Waals surface area contributed by atoms with Crippen LogP contribution in [0.5, 0.6) is 0 Å². The fraction of sp³-hybridized carbons (Fsp3) is 0. The number of rotatable bonds is 4. The monoisotopic (exact) mass is 602 g/mol. The van der Waals surface area contributed by atoms with Crippen LogP contribution in [0.25, 0.3) is 76.7 Å². The fourth-order valence-corrected chi connectivity index (χ4v) is 7.07. The van der Waals surface area contributed by atoms with Crippen molar-refractivity contribution in [1.82, 2.24) is 4.98 Å². The lowest BCUT2D eigenvalue weighted by molar-refractivity contribution is 0.658. The van der Waals surface area contributed by atoms with Gasteiger partial charge in [-0.3, -0.25) is 0 Å². The summed E-state index contributed by atoms with van der Waals surface area (Å²) in [5, 5.41) is 8.81. The molecule has 10 aromatic rings. The van der Waals surface area contributed by atoms with E-state index >= 15 is 0 Å². The Morgan fingerprint density at radius 1 is 0.426 bits per heavy atom. The summed E-state index contributed by atoms with van der Waals surface area (Å²) in [6.07, 6.45) is 1.78. The molecule has 0 aliphatic carbocycles. The molecule has 4 nitrogen and oxygen atoms in total. The minimum atomic E-state index is 0.655. The van der Waals surface area contributed by atoms with Crippen LogP contribution in [0.1, 0.15) is 0 Å². The second kappa shape index (κ2) is 10.1. The van der Waals surface area contributed by atoms with Gasteiger partial charge in [-0.15, -0.1) is 0 Å². The molecule has 10 rings (SSSR count). The Morgan fingerprint density at radius 2 is 1.09 bits per heavy atom. The molecule has 220 valence electrons. The minimum Gasteiger partial charge on any atom is -0.456 e. The van der Waals surface area contributed by atoms with E-state index in [1.54, 1.807) is 6.20 Å². The van der Waals surface area contributed by atoms with E-state index in [0.717, 1.165) is 76.9 Å². The zero-order valence-corrected chi connectivity index (χ0v) is 25.2. The third kappa shape index (κ3) is 4.05. The normalized spacial score (nSPS) is 11.8. The molecule has 0 fully saturated rings. The highest BCUT2D eigenvalue weighted by Gasteiger charge is 2.18. The lowest BCUT2D eigenvalue weighted by Gasteiger charge is -2.26. The maximum Gasteiger partial charge on any atom is 0.227 e. The fourth-order valence-electron chi connectivity index (χ4n) is 7.07. The first-order valence-electron chi connectivity index (χ1n) is 15.8. The lowest BCUT2D eigenvalue weighted by atomic mass is 9.98. The second-order valence-electron chi connectivity index (χ2n) is 12.0. The zero-order valence-electron chi connectivity index (χ0n) is 25.2. The van der Waals surface area contributed by atoms with Crippen LogP contribution in [0.15, 0.2) is 167 Å². The topological polar surface area (TPSA) is 42.4 Å². The van der Waals surface area contributed by atoms with Crippen molar-refractivity contribution in [2.45, 2.75) is 0 Å². The van der Waals surface area contributed by atoms with Gasteiger partial charge in [0.2, 0.25) is 5.71 Å². The Labute approximate surface area is 269 Å². The Hall–Kier alpha value is -6.39. The number of nitrogens with zero attached hydrogens (tertiary/aromatic N) is 2.